The maximum atomic E-state index is 11.8. The van der Waals surface area contributed by atoms with E-state index in [-0.39, 0.29) is 11.2 Å². The number of carbonyl (C=O) groups is 1. The zero-order chi connectivity index (χ0) is 15.0. The van der Waals surface area contributed by atoms with Crippen LogP contribution in [0.2, 0.25) is 0 Å². The molecule has 0 aliphatic heterocycles. The summed E-state index contributed by atoms with van der Waals surface area (Å²) in [5, 5.41) is 2.90. The molecule has 1 amide bonds. The molecule has 0 fully saturated rings. The summed E-state index contributed by atoms with van der Waals surface area (Å²) >= 11 is 0. The average Bonchev–Trinajstić information content (AvgIpc) is 2.45. The SMILES string of the molecule is CC(CCNC(=O)[C@@H](N)CCc1ccccc1)S(C)=O. The minimum Gasteiger partial charge on any atom is -0.355 e. The zero-order valence-electron chi connectivity index (χ0n) is 12.2. The fraction of sp³-hybridized carbons (Fsp3) is 0.533. The number of nitrogens with one attached hydrogen (secondary N) is 1. The Labute approximate surface area is 123 Å². The number of aryl methyl sites for hydroxylation is 1. The third kappa shape index (κ3) is 6.30. The van der Waals surface area contributed by atoms with E-state index in [4.69, 9.17) is 5.73 Å². The molecular formula is C15H24N2O2S. The first-order valence-electron chi connectivity index (χ1n) is 6.90. The predicted molar refractivity (Wildman–Crippen MR) is 83.9 cm³/mol. The van der Waals surface area contributed by atoms with Crippen molar-refractivity contribution < 1.29 is 9.00 Å². The van der Waals surface area contributed by atoms with Crippen LogP contribution in [0.15, 0.2) is 30.3 Å². The number of nitrogens with two attached hydrogens (primary N) is 1. The Morgan fingerprint density at radius 3 is 2.55 bits per heavy atom. The average molecular weight is 296 g/mol. The fourth-order valence-electron chi connectivity index (χ4n) is 1.79. The zero-order valence-corrected chi connectivity index (χ0v) is 13.0. The molecule has 0 saturated heterocycles. The Hall–Kier alpha value is -1.20. The lowest BCUT2D eigenvalue weighted by Gasteiger charge is -2.13. The molecule has 0 bridgehead atoms. The van der Waals surface area contributed by atoms with Crippen LogP contribution in [-0.4, -0.2) is 34.2 Å². The topological polar surface area (TPSA) is 72.2 Å². The fourth-order valence-corrected chi connectivity index (χ4v) is 2.24. The van der Waals surface area contributed by atoms with Gasteiger partial charge in [-0.15, -0.1) is 0 Å². The minimum atomic E-state index is -0.847. The van der Waals surface area contributed by atoms with E-state index in [1.54, 1.807) is 6.26 Å². The van der Waals surface area contributed by atoms with Crippen LogP contribution < -0.4 is 11.1 Å². The third-order valence-corrected chi connectivity index (χ3v) is 4.71. The summed E-state index contributed by atoms with van der Waals surface area (Å²) in [4.78, 5) is 11.8. The first-order chi connectivity index (χ1) is 9.50. The monoisotopic (exact) mass is 296 g/mol. The Balaban J connectivity index is 2.24. The summed E-state index contributed by atoms with van der Waals surface area (Å²) in [7, 11) is -0.847. The number of rotatable bonds is 8. The molecule has 0 saturated carbocycles. The molecule has 112 valence electrons. The molecule has 0 aliphatic carbocycles. The van der Waals surface area contributed by atoms with Crippen molar-refractivity contribution >= 4 is 16.7 Å². The van der Waals surface area contributed by atoms with Gasteiger partial charge in [0, 0.05) is 28.9 Å². The van der Waals surface area contributed by atoms with E-state index >= 15 is 0 Å². The van der Waals surface area contributed by atoms with Gasteiger partial charge < -0.3 is 11.1 Å². The van der Waals surface area contributed by atoms with Gasteiger partial charge in [-0.05, 0) is 24.8 Å². The summed E-state index contributed by atoms with van der Waals surface area (Å²) in [6.07, 6.45) is 3.81. The summed E-state index contributed by atoms with van der Waals surface area (Å²) in [6, 6.07) is 9.50. The van der Waals surface area contributed by atoms with Gasteiger partial charge in [0.15, 0.2) is 0 Å². The lowest BCUT2D eigenvalue weighted by molar-refractivity contribution is -0.122. The molecular weight excluding hydrogens is 272 g/mol. The molecule has 4 nitrogen and oxygen atoms in total. The second-order valence-corrected chi connectivity index (χ2v) is 6.82. The minimum absolute atomic E-state index is 0.0934. The van der Waals surface area contributed by atoms with Gasteiger partial charge in [-0.2, -0.15) is 0 Å². The van der Waals surface area contributed by atoms with E-state index in [0.29, 0.717) is 19.4 Å². The van der Waals surface area contributed by atoms with Crippen molar-refractivity contribution in [3.05, 3.63) is 35.9 Å². The van der Waals surface area contributed by atoms with Gasteiger partial charge in [-0.1, -0.05) is 37.3 Å². The molecule has 3 N–H and O–H groups in total. The van der Waals surface area contributed by atoms with Crippen molar-refractivity contribution in [2.75, 3.05) is 12.8 Å². The number of benzene rings is 1. The highest BCUT2D eigenvalue weighted by Gasteiger charge is 2.13. The Kier molecular flexibility index (Phi) is 7.47. The van der Waals surface area contributed by atoms with Crippen molar-refractivity contribution in [2.24, 2.45) is 5.73 Å². The van der Waals surface area contributed by atoms with Gasteiger partial charge in [-0.25, -0.2) is 0 Å². The number of hydrogen-bond donors (Lipinski definition) is 2. The molecule has 0 aliphatic rings. The Morgan fingerprint density at radius 2 is 1.95 bits per heavy atom. The lowest BCUT2D eigenvalue weighted by Crippen LogP contribution is -2.41. The highest BCUT2D eigenvalue weighted by molar-refractivity contribution is 7.84. The van der Waals surface area contributed by atoms with E-state index in [1.807, 2.05) is 37.3 Å². The molecule has 2 unspecified atom stereocenters. The molecule has 0 heterocycles. The largest absolute Gasteiger partial charge is 0.355 e. The van der Waals surface area contributed by atoms with E-state index in [9.17, 15) is 9.00 Å². The van der Waals surface area contributed by atoms with Crippen LogP contribution in [0.4, 0.5) is 0 Å². The van der Waals surface area contributed by atoms with Crippen LogP contribution in [0.3, 0.4) is 0 Å². The quantitative estimate of drug-likeness (QED) is 0.757. The van der Waals surface area contributed by atoms with Crippen molar-refractivity contribution in [1.82, 2.24) is 5.32 Å². The van der Waals surface area contributed by atoms with Crippen molar-refractivity contribution in [3.8, 4) is 0 Å². The molecule has 1 aromatic carbocycles. The van der Waals surface area contributed by atoms with Gasteiger partial charge in [0.25, 0.3) is 0 Å². The van der Waals surface area contributed by atoms with E-state index in [2.05, 4.69) is 5.32 Å². The van der Waals surface area contributed by atoms with E-state index in [1.165, 1.54) is 5.56 Å². The molecule has 20 heavy (non-hydrogen) atoms. The standard InChI is InChI=1S/C15H24N2O2S/c1-12(20(2)19)10-11-17-15(18)14(16)9-8-13-6-4-3-5-7-13/h3-7,12,14H,8-11,16H2,1-2H3,(H,17,18)/t12?,14-,20?/m0/s1. The van der Waals surface area contributed by atoms with E-state index in [0.717, 1.165) is 6.42 Å². The predicted octanol–water partition coefficient (Wildman–Crippen LogP) is 1.22. The van der Waals surface area contributed by atoms with Gasteiger partial charge in [0.2, 0.25) is 5.91 Å². The van der Waals surface area contributed by atoms with Crippen LogP contribution in [0.25, 0.3) is 0 Å². The molecule has 5 heteroatoms. The van der Waals surface area contributed by atoms with Crippen molar-refractivity contribution in [2.45, 2.75) is 37.5 Å². The number of amides is 1. The van der Waals surface area contributed by atoms with Gasteiger partial charge in [-0.3, -0.25) is 9.00 Å². The summed E-state index contributed by atoms with van der Waals surface area (Å²) < 4.78 is 11.2. The van der Waals surface area contributed by atoms with Crippen LogP contribution in [0.1, 0.15) is 25.3 Å². The molecule has 1 aromatic rings. The summed E-state index contributed by atoms with van der Waals surface area (Å²) in [5.41, 5.74) is 7.06. The first-order valence-corrected chi connectivity index (χ1v) is 8.52. The van der Waals surface area contributed by atoms with E-state index < -0.39 is 16.8 Å². The smallest absolute Gasteiger partial charge is 0.236 e. The molecule has 3 atom stereocenters. The van der Waals surface area contributed by atoms with Crippen molar-refractivity contribution in [1.29, 1.82) is 0 Å². The Morgan fingerprint density at radius 1 is 1.30 bits per heavy atom. The second-order valence-electron chi connectivity index (χ2n) is 5.02. The number of hydrogen-bond acceptors (Lipinski definition) is 3. The van der Waals surface area contributed by atoms with Crippen LogP contribution in [-0.2, 0) is 22.0 Å². The maximum absolute atomic E-state index is 11.8. The maximum Gasteiger partial charge on any atom is 0.236 e. The highest BCUT2D eigenvalue weighted by atomic mass is 32.2. The van der Waals surface area contributed by atoms with Gasteiger partial charge in [0.05, 0.1) is 6.04 Å². The van der Waals surface area contributed by atoms with Gasteiger partial charge in [0.1, 0.15) is 0 Å². The third-order valence-electron chi connectivity index (χ3n) is 3.34. The van der Waals surface area contributed by atoms with Crippen molar-refractivity contribution in [3.63, 3.8) is 0 Å². The van der Waals surface area contributed by atoms with Crippen LogP contribution in [0.5, 0.6) is 0 Å². The normalized spacial score (nSPS) is 15.3. The summed E-state index contributed by atoms with van der Waals surface area (Å²) in [6.45, 7) is 2.44. The molecule has 0 spiro atoms. The molecule has 0 radical (unpaired) electrons. The highest BCUT2D eigenvalue weighted by Crippen LogP contribution is 2.04. The molecule has 1 rings (SSSR count). The first kappa shape index (κ1) is 16.9. The van der Waals surface area contributed by atoms with Gasteiger partial charge >= 0.3 is 0 Å². The second kappa shape index (κ2) is 8.87. The summed E-state index contributed by atoms with van der Waals surface area (Å²) in [5.74, 6) is -0.130. The lowest BCUT2D eigenvalue weighted by atomic mass is 10.1. The molecule has 0 aromatic heterocycles. The number of carbonyl (C=O) groups excluding carboxylic acids is 1. The Bertz CT molecular complexity index is 437. The van der Waals surface area contributed by atoms with Crippen LogP contribution in [0, 0.1) is 0 Å². The van der Waals surface area contributed by atoms with Crippen LogP contribution >= 0.6 is 0 Å².